The van der Waals surface area contributed by atoms with Gasteiger partial charge < -0.3 is 9.16 Å². The summed E-state index contributed by atoms with van der Waals surface area (Å²) in [6.07, 6.45) is 7.91. The third-order valence-electron chi connectivity index (χ3n) is 6.44. The van der Waals surface area contributed by atoms with Crippen molar-refractivity contribution in [2.45, 2.75) is 88.6 Å². The quantitative estimate of drug-likeness (QED) is 0.322. The number of rotatable bonds is 10. The molecule has 1 aromatic carbocycles. The van der Waals surface area contributed by atoms with Crippen molar-refractivity contribution in [2.75, 3.05) is 12.4 Å². The van der Waals surface area contributed by atoms with Gasteiger partial charge in [-0.3, -0.25) is 0 Å². The van der Waals surface area contributed by atoms with Gasteiger partial charge in [0.2, 0.25) is 0 Å². The topological polar surface area (TPSA) is 52.6 Å². The molecule has 6 heteroatoms. The van der Waals surface area contributed by atoms with Gasteiger partial charge in [-0.1, -0.05) is 58.0 Å². The fraction of sp³-hybridized carbons (Fsp3) is 0.667. The zero-order chi connectivity index (χ0) is 22.4. The van der Waals surface area contributed by atoms with E-state index in [1.54, 1.807) is 24.3 Å². The van der Waals surface area contributed by atoms with Crippen LogP contribution in [-0.4, -0.2) is 41.3 Å². The average molecular weight is 453 g/mol. The minimum absolute atomic E-state index is 0.0915. The van der Waals surface area contributed by atoms with E-state index in [0.29, 0.717) is 17.2 Å². The second-order valence-electron chi connectivity index (χ2n) is 10.1. The second kappa shape index (κ2) is 10.6. The van der Waals surface area contributed by atoms with Crippen LogP contribution >= 0.6 is 0 Å². The van der Waals surface area contributed by atoms with E-state index < -0.39 is 18.2 Å². The molecule has 1 aromatic rings. The summed E-state index contributed by atoms with van der Waals surface area (Å²) in [4.78, 5) is 0.413. The Kier molecular flexibility index (Phi) is 8.92. The first kappa shape index (κ1) is 25.3. The van der Waals surface area contributed by atoms with Gasteiger partial charge in [0.05, 0.1) is 22.9 Å². The number of sulfone groups is 1. The predicted molar refractivity (Wildman–Crippen MR) is 127 cm³/mol. The molecule has 0 fully saturated rings. The van der Waals surface area contributed by atoms with Crippen LogP contribution in [-0.2, 0) is 19.0 Å². The molecule has 30 heavy (non-hydrogen) atoms. The van der Waals surface area contributed by atoms with Crippen molar-refractivity contribution in [1.29, 1.82) is 0 Å². The third kappa shape index (κ3) is 7.63. The molecule has 0 saturated carbocycles. The molecule has 0 amide bonds. The van der Waals surface area contributed by atoms with E-state index >= 15 is 0 Å². The van der Waals surface area contributed by atoms with Crippen molar-refractivity contribution in [1.82, 2.24) is 0 Å². The molecule has 0 spiro atoms. The van der Waals surface area contributed by atoms with Gasteiger partial charge in [0.25, 0.3) is 0 Å². The van der Waals surface area contributed by atoms with E-state index in [-0.39, 0.29) is 23.0 Å². The summed E-state index contributed by atoms with van der Waals surface area (Å²) < 4.78 is 37.6. The number of ether oxygens (including phenoxy) is 1. The number of hydrogen-bond donors (Lipinski definition) is 0. The van der Waals surface area contributed by atoms with E-state index in [1.165, 1.54) is 0 Å². The zero-order valence-corrected chi connectivity index (χ0v) is 21.4. The fourth-order valence-electron chi connectivity index (χ4n) is 3.36. The summed E-state index contributed by atoms with van der Waals surface area (Å²) in [6, 6.07) is 8.72. The lowest BCUT2D eigenvalue weighted by molar-refractivity contribution is -0.0149. The molecule has 0 aromatic heterocycles. The van der Waals surface area contributed by atoms with Crippen molar-refractivity contribution >= 4 is 18.2 Å². The molecule has 1 aliphatic rings. The summed E-state index contributed by atoms with van der Waals surface area (Å²) >= 11 is 0. The van der Waals surface area contributed by atoms with Gasteiger partial charge in [-0.25, -0.2) is 8.42 Å². The Morgan fingerprint density at radius 1 is 1.20 bits per heavy atom. The normalized spacial score (nSPS) is 21.5. The maximum absolute atomic E-state index is 12.5. The summed E-state index contributed by atoms with van der Waals surface area (Å²) in [7, 11) is -4.94. The van der Waals surface area contributed by atoms with Gasteiger partial charge in [-0.15, -0.1) is 0 Å². The first-order valence-electron chi connectivity index (χ1n) is 11.1. The van der Waals surface area contributed by atoms with Crippen LogP contribution in [0.25, 0.3) is 0 Å². The second-order valence-corrected chi connectivity index (χ2v) is 17.0. The molecular weight excluding hydrogens is 412 g/mol. The highest BCUT2D eigenvalue weighted by Crippen LogP contribution is 2.36. The molecule has 170 valence electrons. The van der Waals surface area contributed by atoms with E-state index in [4.69, 9.17) is 9.16 Å². The predicted octanol–water partition coefficient (Wildman–Crippen LogP) is 6.00. The molecule has 1 heterocycles. The standard InChI is InChI=1S/C24H40O4SSi/c1-20(16-18-29(25,26)23-13-8-7-9-14-23)19-22-12-10-11-21(28-22)15-17-27-30(5,6)24(2,3)4/h7-11,13-14,20-22H,12,15-19H2,1-6H3/t20-,21-,22-/m0/s1. The first-order chi connectivity index (χ1) is 13.9. The lowest BCUT2D eigenvalue weighted by Crippen LogP contribution is -2.41. The summed E-state index contributed by atoms with van der Waals surface area (Å²) in [6.45, 7) is 14.2. The van der Waals surface area contributed by atoms with Crippen LogP contribution < -0.4 is 0 Å². The SMILES string of the molecule is C[C@@H](CCS(=O)(=O)c1ccccc1)C[C@@H]1CC=C[C@@H](CCO[Si](C)(C)C(C)(C)C)O1. The smallest absolute Gasteiger partial charge is 0.191 e. The summed E-state index contributed by atoms with van der Waals surface area (Å²) in [5, 5.41) is 0.217. The van der Waals surface area contributed by atoms with Crippen LogP contribution in [0.2, 0.25) is 18.1 Å². The lowest BCUT2D eigenvalue weighted by atomic mass is 9.97. The Labute approximate surface area is 185 Å². The molecular formula is C24H40O4SSi. The molecule has 0 N–H and O–H groups in total. The van der Waals surface area contributed by atoms with E-state index in [9.17, 15) is 8.42 Å². The molecule has 0 aliphatic carbocycles. The van der Waals surface area contributed by atoms with E-state index in [1.807, 2.05) is 6.07 Å². The van der Waals surface area contributed by atoms with Crippen molar-refractivity contribution in [3.63, 3.8) is 0 Å². The lowest BCUT2D eigenvalue weighted by Gasteiger charge is -2.36. The van der Waals surface area contributed by atoms with Gasteiger partial charge in [-0.2, -0.15) is 0 Å². The summed E-state index contributed by atoms with van der Waals surface area (Å²) in [5.74, 6) is 0.481. The third-order valence-corrected chi connectivity index (χ3v) is 12.7. The highest BCUT2D eigenvalue weighted by molar-refractivity contribution is 7.91. The highest BCUT2D eigenvalue weighted by atomic mass is 32.2. The molecule has 2 rings (SSSR count). The van der Waals surface area contributed by atoms with Crippen molar-refractivity contribution in [3.8, 4) is 0 Å². The van der Waals surface area contributed by atoms with Crippen LogP contribution in [0.5, 0.6) is 0 Å². The van der Waals surface area contributed by atoms with Gasteiger partial charge >= 0.3 is 0 Å². The van der Waals surface area contributed by atoms with Crippen LogP contribution in [0.1, 0.15) is 53.4 Å². The molecule has 0 saturated heterocycles. The minimum atomic E-state index is -3.21. The first-order valence-corrected chi connectivity index (χ1v) is 15.7. The molecule has 3 atom stereocenters. The molecule has 0 bridgehead atoms. The Balaban J connectivity index is 1.76. The van der Waals surface area contributed by atoms with Crippen molar-refractivity contribution < 1.29 is 17.6 Å². The molecule has 4 nitrogen and oxygen atoms in total. The number of hydrogen-bond acceptors (Lipinski definition) is 4. The zero-order valence-electron chi connectivity index (χ0n) is 19.6. The van der Waals surface area contributed by atoms with Gasteiger partial charge in [-0.05, 0) is 61.9 Å². The van der Waals surface area contributed by atoms with Crippen LogP contribution in [0.3, 0.4) is 0 Å². The molecule has 1 aliphatic heterocycles. The summed E-state index contributed by atoms with van der Waals surface area (Å²) in [5.41, 5.74) is 0. The molecule has 0 radical (unpaired) electrons. The minimum Gasteiger partial charge on any atom is -0.417 e. The van der Waals surface area contributed by atoms with Gasteiger partial charge in [0.15, 0.2) is 18.2 Å². The van der Waals surface area contributed by atoms with Crippen LogP contribution in [0, 0.1) is 5.92 Å². The maximum Gasteiger partial charge on any atom is 0.191 e. The highest BCUT2D eigenvalue weighted by Gasteiger charge is 2.37. The van der Waals surface area contributed by atoms with Crippen LogP contribution in [0.15, 0.2) is 47.4 Å². The Morgan fingerprint density at radius 3 is 2.50 bits per heavy atom. The van der Waals surface area contributed by atoms with E-state index in [2.05, 4.69) is 52.9 Å². The fourth-order valence-corrected chi connectivity index (χ4v) is 5.94. The monoisotopic (exact) mass is 452 g/mol. The Morgan fingerprint density at radius 2 is 1.87 bits per heavy atom. The van der Waals surface area contributed by atoms with Crippen LogP contribution in [0.4, 0.5) is 0 Å². The Hall–Kier alpha value is -0.953. The van der Waals surface area contributed by atoms with Gasteiger partial charge in [0.1, 0.15) is 0 Å². The average Bonchev–Trinajstić information content (AvgIpc) is 2.66. The van der Waals surface area contributed by atoms with Gasteiger partial charge in [0, 0.05) is 6.61 Å². The maximum atomic E-state index is 12.5. The van der Waals surface area contributed by atoms with Crippen molar-refractivity contribution in [3.05, 3.63) is 42.5 Å². The van der Waals surface area contributed by atoms with Crippen molar-refractivity contribution in [2.24, 2.45) is 5.92 Å². The number of benzene rings is 1. The molecule has 0 unspecified atom stereocenters. The van der Waals surface area contributed by atoms with E-state index in [0.717, 1.165) is 25.9 Å². The Bertz CT molecular complexity index is 781. The largest absolute Gasteiger partial charge is 0.417 e.